The molecule has 0 radical (unpaired) electrons. The van der Waals surface area contributed by atoms with E-state index in [2.05, 4.69) is 10.3 Å². The Balaban J connectivity index is 1.72. The van der Waals surface area contributed by atoms with Crippen molar-refractivity contribution in [3.05, 3.63) is 95.8 Å². The molecule has 0 aliphatic rings. The molecule has 144 valence electrons. The van der Waals surface area contributed by atoms with Crippen molar-refractivity contribution >= 4 is 25.1 Å². The van der Waals surface area contributed by atoms with Crippen LogP contribution in [0.4, 0.5) is 17.9 Å². The van der Waals surface area contributed by atoms with Crippen LogP contribution in [0, 0.1) is 17.5 Å². The summed E-state index contributed by atoms with van der Waals surface area (Å²) in [5.41, 5.74) is 2.31. The molecular weight excluding hydrogens is 444 g/mol. The van der Waals surface area contributed by atoms with Crippen LogP contribution in [0.3, 0.4) is 0 Å². The molecule has 0 aliphatic carbocycles. The Morgan fingerprint density at radius 2 is 1.38 bits per heavy atom. The molecular formula is C22H13F3N2OSe. The molecule has 0 fully saturated rings. The van der Waals surface area contributed by atoms with Crippen molar-refractivity contribution in [3.63, 3.8) is 0 Å². The molecule has 0 spiro atoms. The average Bonchev–Trinajstić information content (AvgIpc) is 3.16. The molecule has 1 amide bonds. The van der Waals surface area contributed by atoms with Crippen LogP contribution >= 0.6 is 0 Å². The van der Waals surface area contributed by atoms with Crippen LogP contribution in [0.15, 0.2) is 72.8 Å². The summed E-state index contributed by atoms with van der Waals surface area (Å²) in [6.07, 6.45) is 0. The second-order valence-corrected chi connectivity index (χ2v) is 8.23. The van der Waals surface area contributed by atoms with Gasteiger partial charge in [-0.25, -0.2) is 0 Å². The first-order chi connectivity index (χ1) is 14.0. The number of carbonyl (C=O) groups excluding carboxylic acids is 1. The maximum absolute atomic E-state index is 13.5. The van der Waals surface area contributed by atoms with Crippen molar-refractivity contribution < 1.29 is 18.0 Å². The molecule has 4 rings (SSSR count). The summed E-state index contributed by atoms with van der Waals surface area (Å²) in [4.78, 5) is 17.0. The number of amides is 1. The number of benzene rings is 3. The van der Waals surface area contributed by atoms with Crippen molar-refractivity contribution in [2.24, 2.45) is 0 Å². The van der Waals surface area contributed by atoms with Gasteiger partial charge in [-0.3, -0.25) is 0 Å². The second kappa shape index (κ2) is 8.07. The third-order valence-corrected chi connectivity index (χ3v) is 6.32. The van der Waals surface area contributed by atoms with Crippen molar-refractivity contribution in [2.75, 3.05) is 5.32 Å². The number of nitrogens with one attached hydrogen (secondary N) is 1. The van der Waals surface area contributed by atoms with E-state index in [4.69, 9.17) is 0 Å². The van der Waals surface area contributed by atoms with Gasteiger partial charge in [0.2, 0.25) is 0 Å². The van der Waals surface area contributed by atoms with Gasteiger partial charge in [-0.15, -0.1) is 0 Å². The topological polar surface area (TPSA) is 42.0 Å². The Labute approximate surface area is 170 Å². The molecule has 0 bridgehead atoms. The molecule has 7 heteroatoms. The van der Waals surface area contributed by atoms with Gasteiger partial charge in [-0.2, -0.15) is 0 Å². The van der Waals surface area contributed by atoms with Gasteiger partial charge in [-0.1, -0.05) is 0 Å². The summed E-state index contributed by atoms with van der Waals surface area (Å²) in [7, 11) is 0. The third-order valence-electron chi connectivity index (χ3n) is 4.18. The first kappa shape index (κ1) is 19.2. The minimum atomic E-state index is -1.61. The van der Waals surface area contributed by atoms with Gasteiger partial charge in [0.1, 0.15) is 0 Å². The summed E-state index contributed by atoms with van der Waals surface area (Å²) in [6.45, 7) is 0. The number of aromatic nitrogens is 1. The van der Waals surface area contributed by atoms with Crippen molar-refractivity contribution in [2.45, 2.75) is 0 Å². The third kappa shape index (κ3) is 4.01. The van der Waals surface area contributed by atoms with E-state index < -0.39 is 23.4 Å². The maximum atomic E-state index is 13.5. The molecule has 1 heterocycles. The average molecular weight is 457 g/mol. The first-order valence-corrected chi connectivity index (χ1v) is 10.3. The minimum absolute atomic E-state index is 0.311. The zero-order valence-electron chi connectivity index (χ0n) is 14.8. The van der Waals surface area contributed by atoms with E-state index in [1.165, 1.54) is 0 Å². The molecule has 0 saturated heterocycles. The predicted molar refractivity (Wildman–Crippen MR) is 106 cm³/mol. The van der Waals surface area contributed by atoms with E-state index in [9.17, 15) is 18.0 Å². The summed E-state index contributed by atoms with van der Waals surface area (Å²) < 4.78 is 41.4. The van der Waals surface area contributed by atoms with Crippen LogP contribution < -0.4 is 5.32 Å². The van der Waals surface area contributed by atoms with Gasteiger partial charge in [0, 0.05) is 0 Å². The first-order valence-electron chi connectivity index (χ1n) is 8.60. The van der Waals surface area contributed by atoms with Gasteiger partial charge in [0.25, 0.3) is 0 Å². The SMILES string of the molecule is O=C(Nc1nc(-c2ccccc2)c(-c2ccccc2)[se]1)c1cc(F)c(F)c(F)c1. The molecule has 0 atom stereocenters. The van der Waals surface area contributed by atoms with Gasteiger partial charge < -0.3 is 0 Å². The van der Waals surface area contributed by atoms with Gasteiger partial charge in [-0.05, 0) is 0 Å². The van der Waals surface area contributed by atoms with Crippen molar-refractivity contribution in [1.29, 1.82) is 0 Å². The van der Waals surface area contributed by atoms with E-state index in [1.807, 2.05) is 60.7 Å². The number of rotatable bonds is 4. The zero-order valence-corrected chi connectivity index (χ0v) is 16.5. The Bertz CT molecular complexity index is 1100. The molecule has 29 heavy (non-hydrogen) atoms. The fourth-order valence-electron chi connectivity index (χ4n) is 2.81. The Morgan fingerprint density at radius 3 is 1.97 bits per heavy atom. The normalized spacial score (nSPS) is 10.7. The summed E-state index contributed by atoms with van der Waals surface area (Å²) in [5.74, 6) is -5.18. The number of hydrogen-bond donors (Lipinski definition) is 1. The van der Waals surface area contributed by atoms with Crippen LogP contribution in [0.5, 0.6) is 0 Å². The Kier molecular flexibility index (Phi) is 5.34. The predicted octanol–water partition coefficient (Wildman–Crippen LogP) is 5.14. The zero-order chi connectivity index (χ0) is 20.4. The fraction of sp³-hybridized carbons (Fsp3) is 0. The Morgan fingerprint density at radius 1 is 0.828 bits per heavy atom. The molecule has 1 N–H and O–H groups in total. The van der Waals surface area contributed by atoms with Crippen molar-refractivity contribution in [1.82, 2.24) is 4.98 Å². The van der Waals surface area contributed by atoms with E-state index >= 15 is 0 Å². The van der Waals surface area contributed by atoms with E-state index in [0.717, 1.165) is 21.3 Å². The Hall–Kier alpha value is -3.15. The molecule has 3 aromatic carbocycles. The van der Waals surface area contributed by atoms with E-state index in [0.29, 0.717) is 16.8 Å². The molecule has 3 nitrogen and oxygen atoms in total. The molecule has 0 unspecified atom stereocenters. The van der Waals surface area contributed by atoms with Crippen LogP contribution in [0.1, 0.15) is 10.4 Å². The second-order valence-electron chi connectivity index (χ2n) is 6.14. The number of halogens is 3. The van der Waals surface area contributed by atoms with E-state index in [1.54, 1.807) is 0 Å². The monoisotopic (exact) mass is 458 g/mol. The summed E-state index contributed by atoms with van der Waals surface area (Å²) in [6, 6.07) is 20.5. The molecule has 0 saturated carbocycles. The summed E-state index contributed by atoms with van der Waals surface area (Å²) >= 11 is -0.334. The van der Waals surface area contributed by atoms with Crippen LogP contribution in [-0.2, 0) is 0 Å². The molecule has 0 aliphatic heterocycles. The van der Waals surface area contributed by atoms with Gasteiger partial charge in [0.05, 0.1) is 0 Å². The van der Waals surface area contributed by atoms with Crippen LogP contribution in [0.2, 0.25) is 0 Å². The number of anilines is 1. The quantitative estimate of drug-likeness (QED) is 0.341. The number of hydrogen-bond acceptors (Lipinski definition) is 2. The fourth-order valence-corrected chi connectivity index (χ4v) is 4.88. The standard InChI is InChI=1S/C22H13F3N2OSe/c23-16-11-15(12-17(24)18(16)25)21(28)27-22-26-19(13-7-3-1-4-8-13)20(29-22)14-9-5-2-6-10-14/h1-12H,(H,26,27,28). The van der Waals surface area contributed by atoms with Crippen LogP contribution in [0.25, 0.3) is 21.3 Å². The van der Waals surface area contributed by atoms with Crippen molar-refractivity contribution in [3.8, 4) is 21.3 Å². The number of carbonyl (C=O) groups is 1. The molecule has 4 aromatic rings. The summed E-state index contributed by atoms with van der Waals surface area (Å²) in [5, 5.41) is 2.61. The molecule has 1 aromatic heterocycles. The van der Waals surface area contributed by atoms with Gasteiger partial charge >= 0.3 is 170 Å². The number of nitrogens with zero attached hydrogens (tertiary/aromatic N) is 1. The van der Waals surface area contributed by atoms with E-state index in [-0.39, 0.29) is 20.1 Å². The van der Waals surface area contributed by atoms with Crippen LogP contribution in [-0.4, -0.2) is 25.4 Å². The van der Waals surface area contributed by atoms with Gasteiger partial charge in [0.15, 0.2) is 0 Å².